The molecule has 0 saturated carbocycles. The number of sulfonamides is 1. The third-order valence-corrected chi connectivity index (χ3v) is 7.45. The molecule has 0 N–H and O–H groups in total. The Morgan fingerprint density at radius 2 is 1.53 bits per heavy atom. The summed E-state index contributed by atoms with van der Waals surface area (Å²) in [5.74, 6) is -0.338. The SMILES string of the molecule is CN1C(=O)CN(S(=O)(=O)c2ccc(Cl)cc2)C(c2ccccc2)c2cc(Cl)ccc21. The van der Waals surface area contributed by atoms with E-state index in [4.69, 9.17) is 23.2 Å². The molecule has 1 amide bonds. The van der Waals surface area contributed by atoms with E-state index in [1.807, 2.05) is 30.3 Å². The molecule has 0 aromatic heterocycles. The van der Waals surface area contributed by atoms with E-state index in [9.17, 15) is 13.2 Å². The summed E-state index contributed by atoms with van der Waals surface area (Å²) in [4.78, 5) is 14.5. The molecule has 0 aliphatic carbocycles. The Morgan fingerprint density at radius 1 is 0.900 bits per heavy atom. The van der Waals surface area contributed by atoms with Crippen molar-refractivity contribution in [2.24, 2.45) is 0 Å². The Bertz CT molecular complexity index is 1200. The highest BCUT2D eigenvalue weighted by Crippen LogP contribution is 2.41. The standard InChI is InChI=1S/C22H18Cl2N2O3S/c1-25-20-12-9-17(24)13-19(20)22(15-5-3-2-4-6-15)26(14-21(25)27)30(28,29)18-10-7-16(23)8-11-18/h2-13,22H,14H2,1H3. The average molecular weight is 461 g/mol. The maximum absolute atomic E-state index is 13.7. The number of benzene rings is 3. The first kappa shape index (κ1) is 20.9. The zero-order valence-electron chi connectivity index (χ0n) is 16.0. The van der Waals surface area contributed by atoms with Crippen LogP contribution in [0.4, 0.5) is 5.69 Å². The maximum atomic E-state index is 13.7. The Labute approximate surface area is 185 Å². The van der Waals surface area contributed by atoms with Crippen LogP contribution in [0.3, 0.4) is 0 Å². The van der Waals surface area contributed by atoms with Crippen LogP contribution in [0.5, 0.6) is 0 Å². The van der Waals surface area contributed by atoms with Crippen molar-refractivity contribution in [2.75, 3.05) is 18.5 Å². The van der Waals surface area contributed by atoms with E-state index in [0.29, 0.717) is 21.3 Å². The Hall–Kier alpha value is -2.38. The molecule has 1 aliphatic rings. The number of hydrogen-bond donors (Lipinski definition) is 0. The fraction of sp³-hybridized carbons (Fsp3) is 0.136. The van der Waals surface area contributed by atoms with Gasteiger partial charge in [-0.1, -0.05) is 53.5 Å². The summed E-state index contributed by atoms with van der Waals surface area (Å²) < 4.78 is 28.6. The highest BCUT2D eigenvalue weighted by atomic mass is 35.5. The van der Waals surface area contributed by atoms with E-state index in [-0.39, 0.29) is 17.3 Å². The minimum absolute atomic E-state index is 0.0637. The summed E-state index contributed by atoms with van der Waals surface area (Å²) in [7, 11) is -2.39. The molecule has 1 heterocycles. The van der Waals surface area contributed by atoms with E-state index in [2.05, 4.69) is 0 Å². The van der Waals surface area contributed by atoms with Crippen molar-refractivity contribution >= 4 is 44.8 Å². The van der Waals surface area contributed by atoms with Crippen molar-refractivity contribution < 1.29 is 13.2 Å². The third-order valence-electron chi connectivity index (χ3n) is 5.13. The summed E-state index contributed by atoms with van der Waals surface area (Å²) >= 11 is 12.2. The monoisotopic (exact) mass is 460 g/mol. The second-order valence-corrected chi connectivity index (χ2v) is 9.74. The van der Waals surface area contributed by atoms with Gasteiger partial charge in [0.1, 0.15) is 0 Å². The number of hydrogen-bond acceptors (Lipinski definition) is 3. The molecule has 0 fully saturated rings. The molecule has 4 rings (SSSR count). The molecule has 0 bridgehead atoms. The van der Waals surface area contributed by atoms with Gasteiger partial charge in [0.2, 0.25) is 15.9 Å². The van der Waals surface area contributed by atoms with Crippen molar-refractivity contribution in [1.82, 2.24) is 4.31 Å². The van der Waals surface area contributed by atoms with Gasteiger partial charge in [0, 0.05) is 28.3 Å². The summed E-state index contributed by atoms with van der Waals surface area (Å²) in [6, 6.07) is 19.6. The normalized spacial score (nSPS) is 17.5. The molecule has 1 unspecified atom stereocenters. The number of likely N-dealkylation sites (N-methyl/N-ethyl adjacent to an activating group) is 1. The Kier molecular flexibility index (Phi) is 5.59. The first-order valence-electron chi connectivity index (χ1n) is 9.17. The van der Waals surface area contributed by atoms with Crippen LogP contribution in [0.2, 0.25) is 10.0 Å². The lowest BCUT2D eigenvalue weighted by Gasteiger charge is -2.29. The number of carbonyl (C=O) groups excluding carboxylic acids is 1. The van der Waals surface area contributed by atoms with Crippen molar-refractivity contribution in [3.8, 4) is 0 Å². The van der Waals surface area contributed by atoms with Crippen LogP contribution in [0.1, 0.15) is 17.2 Å². The molecule has 1 aliphatic heterocycles. The van der Waals surface area contributed by atoms with Gasteiger partial charge in [0.15, 0.2) is 0 Å². The Morgan fingerprint density at radius 3 is 2.20 bits per heavy atom. The van der Waals surface area contributed by atoms with E-state index in [1.54, 1.807) is 25.2 Å². The van der Waals surface area contributed by atoms with Crippen molar-refractivity contribution in [3.05, 3.63) is 94.0 Å². The first-order chi connectivity index (χ1) is 14.3. The predicted molar refractivity (Wildman–Crippen MR) is 118 cm³/mol. The van der Waals surface area contributed by atoms with Gasteiger partial charge in [-0.05, 0) is 48.0 Å². The molecule has 0 radical (unpaired) electrons. The molecule has 3 aromatic carbocycles. The molecule has 1 atom stereocenters. The largest absolute Gasteiger partial charge is 0.314 e. The maximum Gasteiger partial charge on any atom is 0.244 e. The highest BCUT2D eigenvalue weighted by Gasteiger charge is 2.40. The van der Waals surface area contributed by atoms with Gasteiger partial charge in [0.05, 0.1) is 17.5 Å². The van der Waals surface area contributed by atoms with Gasteiger partial charge in [-0.2, -0.15) is 4.31 Å². The number of anilines is 1. The summed E-state index contributed by atoms with van der Waals surface area (Å²) in [5.41, 5.74) is 1.99. The van der Waals surface area contributed by atoms with Crippen LogP contribution in [0, 0.1) is 0 Å². The summed E-state index contributed by atoms with van der Waals surface area (Å²) in [5, 5.41) is 0.888. The van der Waals surface area contributed by atoms with Gasteiger partial charge in [0.25, 0.3) is 0 Å². The van der Waals surface area contributed by atoms with E-state index in [0.717, 1.165) is 5.56 Å². The topological polar surface area (TPSA) is 57.7 Å². The molecule has 154 valence electrons. The molecular formula is C22H18Cl2N2O3S. The second kappa shape index (κ2) is 8.04. The third kappa shape index (κ3) is 3.72. The molecule has 0 saturated heterocycles. The fourth-order valence-electron chi connectivity index (χ4n) is 3.62. The van der Waals surface area contributed by atoms with Crippen LogP contribution in [0.25, 0.3) is 0 Å². The average Bonchev–Trinajstić information content (AvgIpc) is 2.84. The molecule has 30 heavy (non-hydrogen) atoms. The number of nitrogens with zero attached hydrogens (tertiary/aromatic N) is 2. The first-order valence-corrected chi connectivity index (χ1v) is 11.4. The van der Waals surface area contributed by atoms with Gasteiger partial charge in [-0.25, -0.2) is 8.42 Å². The lowest BCUT2D eigenvalue weighted by atomic mass is 9.97. The number of halogens is 2. The second-order valence-electron chi connectivity index (χ2n) is 6.97. The van der Waals surface area contributed by atoms with Crippen molar-refractivity contribution in [3.63, 3.8) is 0 Å². The van der Waals surface area contributed by atoms with Gasteiger partial charge >= 0.3 is 0 Å². The summed E-state index contributed by atoms with van der Waals surface area (Å²) in [6.45, 7) is -0.312. The predicted octanol–water partition coefficient (Wildman–Crippen LogP) is 4.75. The lowest BCUT2D eigenvalue weighted by Crippen LogP contribution is -2.40. The van der Waals surface area contributed by atoms with Crippen LogP contribution in [0.15, 0.2) is 77.7 Å². The number of carbonyl (C=O) groups is 1. The van der Waals surface area contributed by atoms with Crippen molar-refractivity contribution in [2.45, 2.75) is 10.9 Å². The zero-order valence-corrected chi connectivity index (χ0v) is 18.3. The molecule has 3 aromatic rings. The summed E-state index contributed by atoms with van der Waals surface area (Å²) in [6.07, 6.45) is 0. The number of fused-ring (bicyclic) bond motifs is 1. The van der Waals surface area contributed by atoms with Gasteiger partial charge in [-0.15, -0.1) is 0 Å². The van der Waals surface area contributed by atoms with E-state index < -0.39 is 16.1 Å². The lowest BCUT2D eigenvalue weighted by molar-refractivity contribution is -0.118. The quantitative estimate of drug-likeness (QED) is 0.566. The van der Waals surface area contributed by atoms with Crippen molar-refractivity contribution in [1.29, 1.82) is 0 Å². The molecular weight excluding hydrogens is 443 g/mol. The fourth-order valence-corrected chi connectivity index (χ4v) is 5.47. The molecule has 8 heteroatoms. The zero-order chi connectivity index (χ0) is 21.5. The number of amides is 1. The molecule has 5 nitrogen and oxygen atoms in total. The van der Waals surface area contributed by atoms with Gasteiger partial charge < -0.3 is 4.90 Å². The smallest absolute Gasteiger partial charge is 0.244 e. The minimum Gasteiger partial charge on any atom is -0.314 e. The van der Waals surface area contributed by atoms with Gasteiger partial charge in [-0.3, -0.25) is 4.79 Å². The minimum atomic E-state index is -4.03. The van der Waals surface area contributed by atoms with Crippen LogP contribution >= 0.6 is 23.2 Å². The van der Waals surface area contributed by atoms with Crippen LogP contribution in [-0.4, -0.2) is 32.2 Å². The number of rotatable bonds is 3. The highest BCUT2D eigenvalue weighted by molar-refractivity contribution is 7.89. The van der Waals surface area contributed by atoms with E-state index >= 15 is 0 Å². The van der Waals surface area contributed by atoms with Crippen LogP contribution in [-0.2, 0) is 14.8 Å². The van der Waals surface area contributed by atoms with Crippen LogP contribution < -0.4 is 4.90 Å². The molecule has 0 spiro atoms. The van der Waals surface area contributed by atoms with E-state index in [1.165, 1.54) is 33.5 Å². The Balaban J connectivity index is 1.98.